The number of carbonyl (C=O) groups is 2. The van der Waals surface area contributed by atoms with E-state index in [0.29, 0.717) is 11.3 Å². The topological polar surface area (TPSA) is 95.7 Å². The Hall–Kier alpha value is -2.87. The SMILES string of the molecule is COC(=O)c1ccc(OC(=O)[C@H](C)Sc2ccc([N+](=O)[O-])cc2)cc1. The molecule has 0 aromatic heterocycles. The van der Waals surface area contributed by atoms with Gasteiger partial charge in [0.05, 0.1) is 17.6 Å². The quantitative estimate of drug-likeness (QED) is 0.255. The molecule has 0 unspecified atom stereocenters. The molecular formula is C17H15NO6S. The van der Waals surface area contributed by atoms with Crippen LogP contribution >= 0.6 is 11.8 Å². The summed E-state index contributed by atoms with van der Waals surface area (Å²) in [5, 5.41) is 10.1. The molecule has 0 aliphatic heterocycles. The van der Waals surface area contributed by atoms with Crippen molar-refractivity contribution < 1.29 is 24.0 Å². The number of methoxy groups -OCH3 is 1. The third-order valence-corrected chi connectivity index (χ3v) is 4.28. The van der Waals surface area contributed by atoms with Gasteiger partial charge in [-0.1, -0.05) is 0 Å². The molecule has 0 aliphatic rings. The summed E-state index contributed by atoms with van der Waals surface area (Å²) in [5.41, 5.74) is 0.348. The first kappa shape index (κ1) is 18.5. The summed E-state index contributed by atoms with van der Waals surface area (Å²) in [6, 6.07) is 11.9. The van der Waals surface area contributed by atoms with Gasteiger partial charge < -0.3 is 9.47 Å². The minimum Gasteiger partial charge on any atom is -0.465 e. The fraction of sp³-hybridized carbons (Fsp3) is 0.176. The lowest BCUT2D eigenvalue weighted by Crippen LogP contribution is -2.19. The van der Waals surface area contributed by atoms with Gasteiger partial charge in [0.2, 0.25) is 0 Å². The minimum absolute atomic E-state index is 0.00900. The van der Waals surface area contributed by atoms with E-state index >= 15 is 0 Å². The number of rotatable bonds is 6. The van der Waals surface area contributed by atoms with Gasteiger partial charge in [0.25, 0.3) is 5.69 Å². The molecule has 0 saturated heterocycles. The number of carbonyl (C=O) groups excluding carboxylic acids is 2. The number of non-ortho nitro benzene ring substituents is 1. The second kappa shape index (κ2) is 8.29. The Kier molecular flexibility index (Phi) is 6.13. The van der Waals surface area contributed by atoms with E-state index in [4.69, 9.17) is 4.74 Å². The maximum absolute atomic E-state index is 12.1. The van der Waals surface area contributed by atoms with Gasteiger partial charge in [-0.25, -0.2) is 4.79 Å². The molecular weight excluding hydrogens is 346 g/mol. The van der Waals surface area contributed by atoms with Gasteiger partial charge in [-0.05, 0) is 43.3 Å². The number of hydrogen-bond donors (Lipinski definition) is 0. The highest BCUT2D eigenvalue weighted by atomic mass is 32.2. The fourth-order valence-corrected chi connectivity index (χ4v) is 2.72. The zero-order chi connectivity index (χ0) is 18.4. The first-order valence-electron chi connectivity index (χ1n) is 7.22. The fourth-order valence-electron chi connectivity index (χ4n) is 1.87. The van der Waals surface area contributed by atoms with Crippen molar-refractivity contribution in [1.82, 2.24) is 0 Å². The van der Waals surface area contributed by atoms with E-state index in [2.05, 4.69) is 4.74 Å². The molecule has 1 atom stereocenters. The number of ether oxygens (including phenoxy) is 2. The van der Waals surface area contributed by atoms with Crippen molar-refractivity contribution in [2.75, 3.05) is 7.11 Å². The molecule has 0 N–H and O–H groups in total. The molecule has 0 amide bonds. The second-order valence-corrected chi connectivity index (χ2v) is 6.36. The molecule has 2 rings (SSSR count). The largest absolute Gasteiger partial charge is 0.465 e. The number of thioether (sulfide) groups is 1. The number of nitro groups is 1. The Balaban J connectivity index is 1.95. The lowest BCUT2D eigenvalue weighted by atomic mass is 10.2. The smallest absolute Gasteiger partial charge is 0.337 e. The summed E-state index contributed by atoms with van der Waals surface area (Å²) >= 11 is 1.23. The molecule has 8 heteroatoms. The summed E-state index contributed by atoms with van der Waals surface area (Å²) in [6.07, 6.45) is 0. The maximum atomic E-state index is 12.1. The molecule has 0 aliphatic carbocycles. The molecule has 130 valence electrons. The van der Waals surface area contributed by atoms with Crippen LogP contribution in [0.1, 0.15) is 17.3 Å². The molecule has 0 radical (unpaired) electrons. The molecule has 0 heterocycles. The highest BCUT2D eigenvalue weighted by Crippen LogP contribution is 2.26. The standard InChI is InChI=1S/C17H15NO6S/c1-11(25-15-9-5-13(6-10-15)18(21)22)16(19)24-14-7-3-12(4-8-14)17(20)23-2/h3-11H,1-2H3/t11-/m0/s1. The summed E-state index contributed by atoms with van der Waals surface area (Å²) in [4.78, 5) is 34.3. The molecule has 2 aromatic rings. The van der Waals surface area contributed by atoms with Gasteiger partial charge in [0.1, 0.15) is 11.0 Å². The van der Waals surface area contributed by atoms with Crippen LogP contribution in [0, 0.1) is 10.1 Å². The minimum atomic E-state index is -0.512. The molecule has 0 bridgehead atoms. The van der Waals surface area contributed by atoms with Gasteiger partial charge in [0, 0.05) is 17.0 Å². The predicted octanol–water partition coefficient (Wildman–Crippen LogP) is 3.47. The predicted molar refractivity (Wildman–Crippen MR) is 91.8 cm³/mol. The first-order chi connectivity index (χ1) is 11.9. The van der Waals surface area contributed by atoms with E-state index in [1.54, 1.807) is 19.1 Å². The summed E-state index contributed by atoms with van der Waals surface area (Å²) < 4.78 is 9.85. The average molecular weight is 361 g/mol. The van der Waals surface area contributed by atoms with Gasteiger partial charge in [0.15, 0.2) is 0 Å². The van der Waals surface area contributed by atoms with Crippen LogP contribution in [0.25, 0.3) is 0 Å². The lowest BCUT2D eigenvalue weighted by Gasteiger charge is -2.11. The van der Waals surface area contributed by atoms with Gasteiger partial charge >= 0.3 is 11.9 Å². The molecule has 0 spiro atoms. The number of nitro benzene ring substituents is 1. The summed E-state index contributed by atoms with van der Waals surface area (Å²) in [6.45, 7) is 1.68. The van der Waals surface area contributed by atoms with Crippen molar-refractivity contribution in [1.29, 1.82) is 0 Å². The Labute approximate surface area is 148 Å². The summed E-state index contributed by atoms with van der Waals surface area (Å²) in [5.74, 6) is -0.622. The third kappa shape index (κ3) is 5.05. The van der Waals surface area contributed by atoms with Crippen LogP contribution in [-0.2, 0) is 9.53 Å². The Morgan fingerprint density at radius 3 is 2.20 bits per heavy atom. The lowest BCUT2D eigenvalue weighted by molar-refractivity contribution is -0.384. The monoisotopic (exact) mass is 361 g/mol. The van der Waals surface area contributed by atoms with Crippen molar-refractivity contribution in [2.24, 2.45) is 0 Å². The van der Waals surface area contributed by atoms with Crippen LogP contribution < -0.4 is 4.74 Å². The highest BCUT2D eigenvalue weighted by molar-refractivity contribution is 8.00. The van der Waals surface area contributed by atoms with Crippen molar-refractivity contribution >= 4 is 29.4 Å². The van der Waals surface area contributed by atoms with Gasteiger partial charge in [-0.15, -0.1) is 11.8 Å². The highest BCUT2D eigenvalue weighted by Gasteiger charge is 2.18. The van der Waals surface area contributed by atoms with E-state index in [1.165, 1.54) is 55.3 Å². The second-order valence-electron chi connectivity index (χ2n) is 4.95. The molecule has 0 fully saturated rings. The average Bonchev–Trinajstić information content (AvgIpc) is 2.62. The van der Waals surface area contributed by atoms with Crippen LogP contribution in [0.3, 0.4) is 0 Å². The Bertz CT molecular complexity index is 773. The van der Waals surface area contributed by atoms with Crippen LogP contribution in [0.15, 0.2) is 53.4 Å². The number of benzene rings is 2. The first-order valence-corrected chi connectivity index (χ1v) is 8.10. The Morgan fingerprint density at radius 2 is 1.68 bits per heavy atom. The van der Waals surface area contributed by atoms with E-state index in [9.17, 15) is 19.7 Å². The van der Waals surface area contributed by atoms with Crippen molar-refractivity contribution in [3.8, 4) is 5.75 Å². The molecule has 0 saturated carbocycles. The van der Waals surface area contributed by atoms with Crippen molar-refractivity contribution in [3.63, 3.8) is 0 Å². The van der Waals surface area contributed by atoms with E-state index in [-0.39, 0.29) is 5.69 Å². The number of hydrogen-bond acceptors (Lipinski definition) is 7. The third-order valence-electron chi connectivity index (χ3n) is 3.19. The number of esters is 2. The van der Waals surface area contributed by atoms with Crippen LogP contribution in [-0.4, -0.2) is 29.2 Å². The normalized spacial score (nSPS) is 11.4. The van der Waals surface area contributed by atoms with Crippen molar-refractivity contribution in [3.05, 3.63) is 64.2 Å². The molecule has 2 aromatic carbocycles. The van der Waals surface area contributed by atoms with E-state index < -0.39 is 22.1 Å². The van der Waals surface area contributed by atoms with Gasteiger partial charge in [-0.3, -0.25) is 14.9 Å². The molecule has 7 nitrogen and oxygen atoms in total. The number of nitrogens with zero attached hydrogens (tertiary/aromatic N) is 1. The Morgan fingerprint density at radius 1 is 1.08 bits per heavy atom. The van der Waals surface area contributed by atoms with Crippen LogP contribution in [0.2, 0.25) is 0 Å². The van der Waals surface area contributed by atoms with Crippen LogP contribution in [0.4, 0.5) is 5.69 Å². The zero-order valence-electron chi connectivity index (χ0n) is 13.5. The zero-order valence-corrected chi connectivity index (χ0v) is 14.3. The van der Waals surface area contributed by atoms with E-state index in [1.807, 2.05) is 0 Å². The van der Waals surface area contributed by atoms with Gasteiger partial charge in [-0.2, -0.15) is 0 Å². The van der Waals surface area contributed by atoms with Crippen LogP contribution in [0.5, 0.6) is 5.75 Å². The molecule has 25 heavy (non-hydrogen) atoms. The maximum Gasteiger partial charge on any atom is 0.337 e. The van der Waals surface area contributed by atoms with Crippen molar-refractivity contribution in [2.45, 2.75) is 17.1 Å². The summed E-state index contributed by atoms with van der Waals surface area (Å²) in [7, 11) is 1.29. The van der Waals surface area contributed by atoms with E-state index in [0.717, 1.165) is 4.90 Å².